The van der Waals surface area contributed by atoms with Crippen LogP contribution in [0.2, 0.25) is 0 Å². The van der Waals surface area contributed by atoms with Crippen molar-refractivity contribution in [3.63, 3.8) is 0 Å². The first kappa shape index (κ1) is 9.19. The molecule has 2 heterocycles. The summed E-state index contributed by atoms with van der Waals surface area (Å²) in [5.41, 5.74) is 1.07. The Kier molecular flexibility index (Phi) is 2.98. The van der Waals surface area contributed by atoms with Gasteiger partial charge in [0.15, 0.2) is 0 Å². The summed E-state index contributed by atoms with van der Waals surface area (Å²) in [4.78, 5) is 0. The number of hydrogen-bond donors (Lipinski definition) is 1. The molecule has 0 amide bonds. The average Bonchev–Trinajstić information content (AvgIpc) is 2.71. The fourth-order valence-corrected chi connectivity index (χ4v) is 2.44. The van der Waals surface area contributed by atoms with Crippen molar-refractivity contribution < 1.29 is 9.84 Å². The molecule has 2 nitrogen and oxygen atoms in total. The van der Waals surface area contributed by atoms with E-state index in [2.05, 4.69) is 0 Å². The maximum atomic E-state index is 9.99. The first-order chi connectivity index (χ1) is 6.38. The number of hydrogen-bond acceptors (Lipinski definition) is 3. The van der Waals surface area contributed by atoms with Gasteiger partial charge >= 0.3 is 0 Å². The second-order valence-corrected chi connectivity index (χ2v) is 4.23. The van der Waals surface area contributed by atoms with E-state index in [9.17, 15) is 5.11 Å². The zero-order chi connectivity index (χ0) is 9.10. The van der Waals surface area contributed by atoms with Crippen LogP contribution in [0.3, 0.4) is 0 Å². The van der Waals surface area contributed by atoms with Gasteiger partial charge in [-0.1, -0.05) is 0 Å². The molecule has 1 unspecified atom stereocenters. The van der Waals surface area contributed by atoms with Crippen molar-refractivity contribution in [1.82, 2.24) is 0 Å². The third kappa shape index (κ3) is 2.10. The quantitative estimate of drug-likeness (QED) is 0.789. The van der Waals surface area contributed by atoms with Gasteiger partial charge in [0.25, 0.3) is 0 Å². The Hall–Kier alpha value is -0.380. The van der Waals surface area contributed by atoms with Gasteiger partial charge in [-0.15, -0.1) is 0 Å². The Labute approximate surface area is 82.2 Å². The molecule has 2 rings (SSSR count). The molecule has 13 heavy (non-hydrogen) atoms. The lowest BCUT2D eigenvalue weighted by Gasteiger charge is -2.26. The van der Waals surface area contributed by atoms with Gasteiger partial charge in [0, 0.05) is 13.2 Å². The summed E-state index contributed by atoms with van der Waals surface area (Å²) in [5.74, 6) is 0.392. The van der Waals surface area contributed by atoms with Gasteiger partial charge in [-0.05, 0) is 41.1 Å². The van der Waals surface area contributed by atoms with Crippen LogP contribution in [0.15, 0.2) is 16.8 Å². The molecule has 1 N–H and O–H groups in total. The summed E-state index contributed by atoms with van der Waals surface area (Å²) in [5, 5.41) is 14.0. The summed E-state index contributed by atoms with van der Waals surface area (Å²) in [6.45, 7) is 1.59. The van der Waals surface area contributed by atoms with Crippen LogP contribution in [0.1, 0.15) is 24.5 Å². The molecule has 1 aromatic heterocycles. The number of thiophene rings is 1. The van der Waals surface area contributed by atoms with E-state index < -0.39 is 0 Å². The number of rotatable bonds is 2. The minimum Gasteiger partial charge on any atom is -0.388 e. The highest BCUT2D eigenvalue weighted by atomic mass is 32.1. The maximum absolute atomic E-state index is 9.99. The zero-order valence-electron chi connectivity index (χ0n) is 7.48. The highest BCUT2D eigenvalue weighted by Crippen LogP contribution is 2.30. The van der Waals surface area contributed by atoms with E-state index in [4.69, 9.17) is 4.74 Å². The lowest BCUT2D eigenvalue weighted by molar-refractivity contribution is 0.00734. The number of aliphatic hydroxyl groups is 1. The molecule has 0 aromatic carbocycles. The van der Waals surface area contributed by atoms with Crippen molar-refractivity contribution in [1.29, 1.82) is 0 Å². The Morgan fingerprint density at radius 1 is 1.46 bits per heavy atom. The normalized spacial score (nSPS) is 21.6. The smallest absolute Gasteiger partial charge is 0.0827 e. The summed E-state index contributed by atoms with van der Waals surface area (Å²) < 4.78 is 5.26. The van der Waals surface area contributed by atoms with Crippen LogP contribution in [0.4, 0.5) is 0 Å². The largest absolute Gasteiger partial charge is 0.388 e. The molecule has 3 heteroatoms. The molecule has 1 aliphatic heterocycles. The second kappa shape index (κ2) is 4.22. The van der Waals surface area contributed by atoms with Gasteiger partial charge < -0.3 is 9.84 Å². The number of aliphatic hydroxyl groups excluding tert-OH is 1. The molecule has 0 aliphatic carbocycles. The van der Waals surface area contributed by atoms with Crippen molar-refractivity contribution in [3.8, 4) is 0 Å². The Morgan fingerprint density at radius 3 is 2.85 bits per heavy atom. The van der Waals surface area contributed by atoms with Crippen LogP contribution >= 0.6 is 11.3 Å². The van der Waals surface area contributed by atoms with Gasteiger partial charge in [0.2, 0.25) is 0 Å². The highest BCUT2D eigenvalue weighted by Gasteiger charge is 2.23. The van der Waals surface area contributed by atoms with Gasteiger partial charge in [-0.25, -0.2) is 0 Å². The van der Waals surface area contributed by atoms with Crippen LogP contribution in [-0.4, -0.2) is 18.3 Å². The summed E-state index contributed by atoms with van der Waals surface area (Å²) >= 11 is 1.64. The first-order valence-electron chi connectivity index (χ1n) is 4.66. The molecule has 1 aliphatic rings. The third-order valence-corrected chi connectivity index (χ3v) is 3.30. The average molecular weight is 198 g/mol. The molecule has 1 saturated heterocycles. The van der Waals surface area contributed by atoms with E-state index in [0.29, 0.717) is 5.92 Å². The van der Waals surface area contributed by atoms with Crippen molar-refractivity contribution >= 4 is 11.3 Å². The minimum atomic E-state index is -0.282. The molecular formula is C10H14O2S. The highest BCUT2D eigenvalue weighted by molar-refractivity contribution is 7.07. The lowest BCUT2D eigenvalue weighted by atomic mass is 9.91. The SMILES string of the molecule is OC(c1ccsc1)C1CCOCC1. The van der Waals surface area contributed by atoms with E-state index in [0.717, 1.165) is 31.6 Å². The summed E-state index contributed by atoms with van der Waals surface area (Å²) in [6.07, 6.45) is 1.68. The molecule has 1 aromatic rings. The summed E-state index contributed by atoms with van der Waals surface area (Å²) in [7, 11) is 0. The minimum absolute atomic E-state index is 0.282. The van der Waals surface area contributed by atoms with Gasteiger partial charge in [0.05, 0.1) is 6.10 Å². The molecule has 0 bridgehead atoms. The van der Waals surface area contributed by atoms with Gasteiger partial charge in [-0.3, -0.25) is 0 Å². The standard InChI is InChI=1S/C10H14O2S/c11-10(9-3-6-13-7-9)8-1-4-12-5-2-8/h3,6-8,10-11H,1-2,4-5H2. The van der Waals surface area contributed by atoms with E-state index in [-0.39, 0.29) is 6.10 Å². The van der Waals surface area contributed by atoms with Gasteiger partial charge in [0.1, 0.15) is 0 Å². The molecule has 0 spiro atoms. The Balaban J connectivity index is 1.99. The lowest BCUT2D eigenvalue weighted by Crippen LogP contribution is -2.21. The van der Waals surface area contributed by atoms with Crippen molar-refractivity contribution in [2.75, 3.05) is 13.2 Å². The maximum Gasteiger partial charge on any atom is 0.0827 e. The zero-order valence-corrected chi connectivity index (χ0v) is 8.30. The van der Waals surface area contributed by atoms with Crippen LogP contribution in [-0.2, 0) is 4.74 Å². The fraction of sp³-hybridized carbons (Fsp3) is 0.600. The topological polar surface area (TPSA) is 29.5 Å². The van der Waals surface area contributed by atoms with E-state index in [1.165, 1.54) is 0 Å². The molecule has 72 valence electrons. The van der Waals surface area contributed by atoms with E-state index in [1.54, 1.807) is 11.3 Å². The Morgan fingerprint density at radius 2 is 2.23 bits per heavy atom. The third-order valence-electron chi connectivity index (χ3n) is 2.60. The van der Waals surface area contributed by atoms with E-state index >= 15 is 0 Å². The number of ether oxygens (including phenoxy) is 1. The second-order valence-electron chi connectivity index (χ2n) is 3.45. The van der Waals surface area contributed by atoms with Gasteiger partial charge in [-0.2, -0.15) is 11.3 Å². The predicted molar refractivity (Wildman–Crippen MR) is 52.8 cm³/mol. The van der Waals surface area contributed by atoms with Crippen molar-refractivity contribution in [3.05, 3.63) is 22.4 Å². The monoisotopic (exact) mass is 198 g/mol. The van der Waals surface area contributed by atoms with Crippen LogP contribution < -0.4 is 0 Å². The first-order valence-corrected chi connectivity index (χ1v) is 5.60. The molecular weight excluding hydrogens is 184 g/mol. The molecule has 1 atom stereocenters. The molecule has 0 saturated carbocycles. The molecule has 1 fully saturated rings. The van der Waals surface area contributed by atoms with Crippen LogP contribution in [0.5, 0.6) is 0 Å². The summed E-state index contributed by atoms with van der Waals surface area (Å²) in [6, 6.07) is 2.00. The van der Waals surface area contributed by atoms with Crippen LogP contribution in [0, 0.1) is 5.92 Å². The Bertz CT molecular complexity index is 239. The van der Waals surface area contributed by atoms with E-state index in [1.807, 2.05) is 16.8 Å². The van der Waals surface area contributed by atoms with Crippen molar-refractivity contribution in [2.24, 2.45) is 5.92 Å². The predicted octanol–water partition coefficient (Wildman–Crippen LogP) is 2.21. The molecule has 0 radical (unpaired) electrons. The fourth-order valence-electron chi connectivity index (χ4n) is 1.75. The van der Waals surface area contributed by atoms with Crippen molar-refractivity contribution in [2.45, 2.75) is 18.9 Å². The van der Waals surface area contributed by atoms with Crippen LogP contribution in [0.25, 0.3) is 0 Å².